The normalized spacial score (nSPS) is 13.3. The van der Waals surface area contributed by atoms with Crippen molar-refractivity contribution in [1.29, 1.82) is 0 Å². The molecule has 27 heavy (non-hydrogen) atoms. The Morgan fingerprint density at radius 1 is 1.15 bits per heavy atom. The van der Waals surface area contributed by atoms with Gasteiger partial charge in [-0.05, 0) is 55.0 Å². The van der Waals surface area contributed by atoms with Gasteiger partial charge in [0.1, 0.15) is 0 Å². The molecule has 0 aliphatic heterocycles. The van der Waals surface area contributed by atoms with E-state index < -0.39 is 4.92 Å². The van der Waals surface area contributed by atoms with Gasteiger partial charge >= 0.3 is 0 Å². The second-order valence-electron chi connectivity index (χ2n) is 6.27. The van der Waals surface area contributed by atoms with Crippen molar-refractivity contribution in [2.75, 3.05) is 23.7 Å². The number of benzene rings is 2. The average molecular weight is 481 g/mol. The molecule has 144 valence electrons. The summed E-state index contributed by atoms with van der Waals surface area (Å²) in [5.41, 5.74) is 10.7. The lowest BCUT2D eigenvalue weighted by molar-refractivity contribution is -0.384. The molecule has 2 aromatic rings. The van der Waals surface area contributed by atoms with Gasteiger partial charge in [0.25, 0.3) is 5.69 Å². The van der Waals surface area contributed by atoms with Crippen LogP contribution in [0.2, 0.25) is 0 Å². The van der Waals surface area contributed by atoms with Gasteiger partial charge in [-0.15, -0.1) is 24.0 Å². The summed E-state index contributed by atoms with van der Waals surface area (Å²) in [7, 11) is 0. The summed E-state index contributed by atoms with van der Waals surface area (Å²) >= 11 is 0. The summed E-state index contributed by atoms with van der Waals surface area (Å²) in [6.07, 6.45) is 4.66. The minimum absolute atomic E-state index is 0. The van der Waals surface area contributed by atoms with Crippen molar-refractivity contribution < 1.29 is 4.92 Å². The predicted molar refractivity (Wildman–Crippen MR) is 120 cm³/mol. The fraction of sp³-hybridized carbons (Fsp3) is 0.316. The molecule has 7 nitrogen and oxygen atoms in total. The van der Waals surface area contributed by atoms with E-state index in [1.54, 1.807) is 12.1 Å². The van der Waals surface area contributed by atoms with Crippen LogP contribution in [0.25, 0.3) is 0 Å². The zero-order chi connectivity index (χ0) is 18.4. The van der Waals surface area contributed by atoms with Crippen molar-refractivity contribution in [3.63, 3.8) is 0 Å². The van der Waals surface area contributed by atoms with E-state index in [9.17, 15) is 10.1 Å². The van der Waals surface area contributed by atoms with Crippen LogP contribution in [0.1, 0.15) is 24.0 Å². The number of hydrogen-bond acceptors (Lipinski definition) is 4. The zero-order valence-corrected chi connectivity index (χ0v) is 17.3. The van der Waals surface area contributed by atoms with Crippen molar-refractivity contribution >= 4 is 47.0 Å². The Morgan fingerprint density at radius 3 is 2.63 bits per heavy atom. The van der Waals surface area contributed by atoms with Crippen LogP contribution in [-0.2, 0) is 12.8 Å². The molecule has 0 amide bonds. The molecule has 0 bridgehead atoms. The number of aliphatic imine (C=N–C) groups is 1. The van der Waals surface area contributed by atoms with Gasteiger partial charge in [0.2, 0.25) is 0 Å². The topological polar surface area (TPSA) is 106 Å². The van der Waals surface area contributed by atoms with Crippen LogP contribution in [0.5, 0.6) is 0 Å². The highest BCUT2D eigenvalue weighted by Crippen LogP contribution is 2.27. The summed E-state index contributed by atoms with van der Waals surface area (Å²) in [5, 5.41) is 17.0. The summed E-state index contributed by atoms with van der Waals surface area (Å²) in [5.74, 6) is 0.398. The second-order valence-corrected chi connectivity index (χ2v) is 6.27. The minimum Gasteiger partial charge on any atom is -0.383 e. The Morgan fingerprint density at radius 2 is 1.89 bits per heavy atom. The van der Waals surface area contributed by atoms with Crippen LogP contribution in [0.15, 0.2) is 47.5 Å². The zero-order valence-electron chi connectivity index (χ0n) is 15.0. The number of rotatable bonds is 6. The molecule has 0 fully saturated rings. The maximum Gasteiger partial charge on any atom is 0.269 e. The lowest BCUT2D eigenvalue weighted by atomic mass is 9.90. The molecule has 0 saturated carbocycles. The standard InChI is InChI=1S/C19H23N5O2.HI/c20-19(23-18-7-3-5-14-4-1-2-6-17(14)18)22-13-12-21-15-8-10-16(11-9-15)24(25)26;/h3,5,7-11,21H,1-2,4,6,12-13H2,(H3,20,22,23);1H. The highest BCUT2D eigenvalue weighted by atomic mass is 127. The minimum atomic E-state index is -0.414. The van der Waals surface area contributed by atoms with Gasteiger partial charge in [0.05, 0.1) is 11.5 Å². The molecule has 4 N–H and O–H groups in total. The first-order valence-corrected chi connectivity index (χ1v) is 8.79. The highest BCUT2D eigenvalue weighted by molar-refractivity contribution is 14.0. The molecule has 0 saturated heterocycles. The van der Waals surface area contributed by atoms with Gasteiger partial charge in [-0.2, -0.15) is 0 Å². The number of nitrogens with two attached hydrogens (primary N) is 1. The first-order valence-electron chi connectivity index (χ1n) is 8.79. The van der Waals surface area contributed by atoms with Crippen LogP contribution in [0.4, 0.5) is 17.1 Å². The summed E-state index contributed by atoms with van der Waals surface area (Å²) in [4.78, 5) is 14.6. The van der Waals surface area contributed by atoms with Gasteiger partial charge < -0.3 is 16.4 Å². The average Bonchev–Trinajstić information content (AvgIpc) is 2.66. The molecular weight excluding hydrogens is 457 g/mol. The SMILES string of the molecule is I.NC(=NCCNc1ccc([N+](=O)[O-])cc1)Nc1cccc2c1CCCC2. The summed E-state index contributed by atoms with van der Waals surface area (Å²) in [6.45, 7) is 1.10. The molecular formula is C19H24IN5O2. The van der Waals surface area contributed by atoms with Gasteiger partial charge in [-0.25, -0.2) is 0 Å². The smallest absolute Gasteiger partial charge is 0.269 e. The van der Waals surface area contributed by atoms with E-state index in [4.69, 9.17) is 5.73 Å². The molecule has 0 spiro atoms. The van der Waals surface area contributed by atoms with Crippen LogP contribution in [0.3, 0.4) is 0 Å². The predicted octanol–water partition coefficient (Wildman–Crippen LogP) is 3.93. The molecule has 8 heteroatoms. The first-order chi connectivity index (χ1) is 12.6. The molecule has 0 aromatic heterocycles. The maximum absolute atomic E-state index is 10.6. The van der Waals surface area contributed by atoms with Gasteiger partial charge in [-0.1, -0.05) is 12.1 Å². The third-order valence-corrected chi connectivity index (χ3v) is 4.46. The first kappa shape index (κ1) is 20.9. The van der Waals surface area contributed by atoms with Gasteiger partial charge in [0.15, 0.2) is 5.96 Å². The number of aryl methyl sites for hydroxylation is 1. The van der Waals surface area contributed by atoms with Crippen LogP contribution in [0, 0.1) is 10.1 Å². The lowest BCUT2D eigenvalue weighted by Crippen LogP contribution is -2.25. The van der Waals surface area contributed by atoms with Gasteiger partial charge in [-0.3, -0.25) is 15.1 Å². The number of guanidine groups is 1. The molecule has 1 aliphatic rings. The highest BCUT2D eigenvalue weighted by Gasteiger charge is 2.13. The van der Waals surface area contributed by atoms with E-state index in [1.807, 2.05) is 6.07 Å². The Bertz CT molecular complexity index is 808. The maximum atomic E-state index is 10.6. The Kier molecular flexibility index (Phi) is 7.83. The Balaban J connectivity index is 0.00000261. The Hall–Kier alpha value is -2.36. The monoisotopic (exact) mass is 481 g/mol. The number of anilines is 2. The van der Waals surface area contributed by atoms with Gasteiger partial charge in [0, 0.05) is 30.1 Å². The number of nitro benzene ring substituents is 1. The van der Waals surface area contributed by atoms with Crippen LogP contribution < -0.4 is 16.4 Å². The van der Waals surface area contributed by atoms with E-state index in [0.29, 0.717) is 19.0 Å². The molecule has 0 unspecified atom stereocenters. The van der Waals surface area contributed by atoms with Crippen molar-refractivity contribution in [1.82, 2.24) is 0 Å². The second kappa shape index (κ2) is 10.1. The Labute approximate surface area is 175 Å². The van der Waals surface area contributed by atoms with Crippen molar-refractivity contribution in [2.24, 2.45) is 10.7 Å². The number of hydrogen-bond donors (Lipinski definition) is 3. The fourth-order valence-corrected chi connectivity index (χ4v) is 3.15. The quantitative estimate of drug-likeness (QED) is 0.145. The molecule has 2 aromatic carbocycles. The van der Waals surface area contributed by atoms with E-state index in [2.05, 4.69) is 27.8 Å². The molecule has 0 atom stereocenters. The summed E-state index contributed by atoms with van der Waals surface area (Å²) in [6, 6.07) is 12.6. The number of non-ortho nitro benzene ring substituents is 1. The van der Waals surface area contributed by atoms with E-state index in [-0.39, 0.29) is 29.7 Å². The van der Waals surface area contributed by atoms with Crippen molar-refractivity contribution in [3.05, 3.63) is 63.7 Å². The van der Waals surface area contributed by atoms with Crippen LogP contribution >= 0.6 is 24.0 Å². The molecule has 0 radical (unpaired) electrons. The molecule has 1 aliphatic carbocycles. The van der Waals surface area contributed by atoms with Crippen LogP contribution in [-0.4, -0.2) is 24.0 Å². The number of nitrogens with zero attached hydrogens (tertiary/aromatic N) is 2. The molecule has 0 heterocycles. The fourth-order valence-electron chi connectivity index (χ4n) is 3.15. The van der Waals surface area contributed by atoms with E-state index in [1.165, 1.54) is 36.1 Å². The van der Waals surface area contributed by atoms with E-state index >= 15 is 0 Å². The number of fused-ring (bicyclic) bond motifs is 1. The molecule has 3 rings (SSSR count). The number of halogens is 1. The number of nitrogens with one attached hydrogen (secondary N) is 2. The third-order valence-electron chi connectivity index (χ3n) is 4.46. The summed E-state index contributed by atoms with van der Waals surface area (Å²) < 4.78 is 0. The lowest BCUT2D eigenvalue weighted by Gasteiger charge is -2.19. The van der Waals surface area contributed by atoms with Crippen molar-refractivity contribution in [3.8, 4) is 0 Å². The third kappa shape index (κ3) is 5.81. The van der Waals surface area contributed by atoms with Crippen molar-refractivity contribution in [2.45, 2.75) is 25.7 Å². The largest absolute Gasteiger partial charge is 0.383 e. The van der Waals surface area contributed by atoms with E-state index in [0.717, 1.165) is 24.2 Å². The number of nitro groups is 1.